The average molecular weight is 395 g/mol. The number of rotatable bonds is 6. The van der Waals surface area contributed by atoms with Gasteiger partial charge in [0.05, 0.1) is 6.10 Å². The van der Waals surface area contributed by atoms with Crippen molar-refractivity contribution < 1.29 is 24.2 Å². The van der Waals surface area contributed by atoms with Gasteiger partial charge in [-0.05, 0) is 41.5 Å². The van der Waals surface area contributed by atoms with Gasteiger partial charge in [0.15, 0.2) is 0 Å². The number of carbonyl (C=O) groups is 2. The molecule has 4 rings (SSSR count). The monoisotopic (exact) mass is 395 g/mol. The number of carbonyl (C=O) groups excluding carboxylic acids is 1. The Morgan fingerprint density at radius 3 is 2.31 bits per heavy atom. The Morgan fingerprint density at radius 1 is 1.07 bits per heavy atom. The number of hydrogen-bond donors (Lipinski definition) is 2. The van der Waals surface area contributed by atoms with E-state index in [0.717, 1.165) is 41.5 Å². The molecule has 0 spiro atoms. The minimum absolute atomic E-state index is 0.0573. The quantitative estimate of drug-likeness (QED) is 0.774. The van der Waals surface area contributed by atoms with Crippen molar-refractivity contribution in [2.75, 3.05) is 13.2 Å². The van der Waals surface area contributed by atoms with Gasteiger partial charge >= 0.3 is 12.1 Å². The van der Waals surface area contributed by atoms with Crippen LogP contribution in [0.25, 0.3) is 11.1 Å². The number of fused-ring (bicyclic) bond motifs is 3. The maximum Gasteiger partial charge on any atom is 0.407 e. The Hall–Kier alpha value is -2.86. The van der Waals surface area contributed by atoms with Crippen LogP contribution in [0.5, 0.6) is 0 Å². The number of carboxylic acid groups (broad SMARTS) is 1. The van der Waals surface area contributed by atoms with Gasteiger partial charge in [0.25, 0.3) is 0 Å². The van der Waals surface area contributed by atoms with Crippen LogP contribution in [0.2, 0.25) is 0 Å². The molecule has 0 bridgehead atoms. The summed E-state index contributed by atoms with van der Waals surface area (Å²) in [4.78, 5) is 23.9. The van der Waals surface area contributed by atoms with E-state index < -0.39 is 18.1 Å². The molecule has 2 aromatic carbocycles. The Morgan fingerprint density at radius 2 is 1.72 bits per heavy atom. The largest absolute Gasteiger partial charge is 0.480 e. The molecule has 2 aromatic rings. The molecule has 1 amide bonds. The summed E-state index contributed by atoms with van der Waals surface area (Å²) in [5.74, 6) is -1.13. The molecule has 1 heterocycles. The van der Waals surface area contributed by atoms with Crippen molar-refractivity contribution in [2.45, 2.75) is 43.7 Å². The van der Waals surface area contributed by atoms with Crippen LogP contribution in [-0.4, -0.2) is 42.5 Å². The van der Waals surface area contributed by atoms with Crippen molar-refractivity contribution in [3.8, 4) is 11.1 Å². The fourth-order valence-corrected chi connectivity index (χ4v) is 4.26. The lowest BCUT2D eigenvalue weighted by Crippen LogP contribution is -2.44. The normalized spacial score (nSPS) is 19.1. The molecular weight excluding hydrogens is 370 g/mol. The third kappa shape index (κ3) is 4.27. The van der Waals surface area contributed by atoms with E-state index in [9.17, 15) is 14.7 Å². The zero-order chi connectivity index (χ0) is 20.2. The smallest absolute Gasteiger partial charge is 0.407 e. The van der Waals surface area contributed by atoms with Gasteiger partial charge in [-0.2, -0.15) is 0 Å². The number of ether oxygens (including phenoxy) is 2. The number of alkyl carbamates (subject to hydrolysis) is 1. The van der Waals surface area contributed by atoms with E-state index >= 15 is 0 Å². The topological polar surface area (TPSA) is 84.9 Å². The standard InChI is InChI=1S/C23H25NO5/c25-22(26)21(13-15-7-5-6-12-28-15)24-23(27)29-14-20-18-10-3-1-8-16(18)17-9-2-4-11-19(17)20/h1-4,8-11,15,20-21H,5-7,12-14H2,(H,24,27)(H,25,26). The fourth-order valence-electron chi connectivity index (χ4n) is 4.26. The summed E-state index contributed by atoms with van der Waals surface area (Å²) in [5, 5.41) is 12.0. The summed E-state index contributed by atoms with van der Waals surface area (Å²) in [7, 11) is 0. The van der Waals surface area contributed by atoms with Gasteiger partial charge in [-0.25, -0.2) is 9.59 Å². The van der Waals surface area contributed by atoms with Gasteiger partial charge in [-0.1, -0.05) is 48.5 Å². The van der Waals surface area contributed by atoms with Crippen molar-refractivity contribution in [1.29, 1.82) is 0 Å². The van der Waals surface area contributed by atoms with Crippen molar-refractivity contribution in [3.63, 3.8) is 0 Å². The first-order chi connectivity index (χ1) is 14.1. The highest BCUT2D eigenvalue weighted by molar-refractivity contribution is 5.81. The van der Waals surface area contributed by atoms with Crippen LogP contribution in [0.4, 0.5) is 4.79 Å². The van der Waals surface area contributed by atoms with Crippen LogP contribution < -0.4 is 5.32 Å². The zero-order valence-electron chi connectivity index (χ0n) is 16.2. The second kappa shape index (κ2) is 8.66. The third-order valence-electron chi connectivity index (χ3n) is 5.71. The average Bonchev–Trinajstić information content (AvgIpc) is 3.06. The van der Waals surface area contributed by atoms with E-state index in [1.54, 1.807) is 0 Å². The number of nitrogens with one attached hydrogen (secondary N) is 1. The van der Waals surface area contributed by atoms with Crippen molar-refractivity contribution in [3.05, 3.63) is 59.7 Å². The van der Waals surface area contributed by atoms with Crippen molar-refractivity contribution in [1.82, 2.24) is 5.32 Å². The molecule has 2 atom stereocenters. The predicted molar refractivity (Wildman–Crippen MR) is 108 cm³/mol. The molecule has 0 saturated carbocycles. The van der Waals surface area contributed by atoms with E-state index in [2.05, 4.69) is 17.4 Å². The van der Waals surface area contributed by atoms with Gasteiger partial charge in [-0.3, -0.25) is 0 Å². The van der Waals surface area contributed by atoms with Crippen LogP contribution in [0, 0.1) is 0 Å². The molecule has 1 aliphatic carbocycles. The highest BCUT2D eigenvalue weighted by Crippen LogP contribution is 2.44. The Bertz CT molecular complexity index is 845. The number of carboxylic acids is 1. The molecule has 152 valence electrons. The van der Waals surface area contributed by atoms with E-state index in [1.165, 1.54) is 0 Å². The van der Waals surface area contributed by atoms with Crippen LogP contribution in [0.1, 0.15) is 42.7 Å². The lowest BCUT2D eigenvalue weighted by atomic mass is 9.98. The summed E-state index contributed by atoms with van der Waals surface area (Å²) >= 11 is 0. The minimum atomic E-state index is -1.08. The van der Waals surface area contributed by atoms with E-state index in [0.29, 0.717) is 6.61 Å². The summed E-state index contributed by atoms with van der Waals surface area (Å²) in [6.07, 6.45) is 2.22. The number of benzene rings is 2. The summed E-state index contributed by atoms with van der Waals surface area (Å²) in [6.45, 7) is 0.800. The molecule has 0 aromatic heterocycles. The molecule has 2 aliphatic rings. The first-order valence-corrected chi connectivity index (χ1v) is 10.1. The van der Waals surface area contributed by atoms with Gasteiger partial charge in [0, 0.05) is 18.9 Å². The predicted octanol–water partition coefficient (Wildman–Crippen LogP) is 3.94. The third-order valence-corrected chi connectivity index (χ3v) is 5.71. The minimum Gasteiger partial charge on any atom is -0.480 e. The van der Waals surface area contributed by atoms with Crippen molar-refractivity contribution in [2.24, 2.45) is 0 Å². The van der Waals surface area contributed by atoms with Crippen LogP contribution in [-0.2, 0) is 14.3 Å². The molecule has 1 fully saturated rings. The second-order valence-corrected chi connectivity index (χ2v) is 7.58. The number of hydrogen-bond acceptors (Lipinski definition) is 4. The summed E-state index contributed by atoms with van der Waals surface area (Å²) < 4.78 is 11.1. The highest BCUT2D eigenvalue weighted by atomic mass is 16.5. The molecule has 6 heteroatoms. The summed E-state index contributed by atoms with van der Waals surface area (Å²) in [6, 6.07) is 15.1. The fraction of sp³-hybridized carbons (Fsp3) is 0.391. The van der Waals surface area contributed by atoms with E-state index in [1.807, 2.05) is 36.4 Å². The highest BCUT2D eigenvalue weighted by Gasteiger charge is 2.30. The Kier molecular flexibility index (Phi) is 5.81. The maximum atomic E-state index is 12.3. The Balaban J connectivity index is 1.39. The molecule has 1 saturated heterocycles. The SMILES string of the molecule is O=C(NC(CC1CCCCO1)C(=O)O)OCC1c2ccccc2-c2ccccc21. The first kappa shape index (κ1) is 19.5. The Labute approximate surface area is 169 Å². The van der Waals surface area contributed by atoms with Crippen LogP contribution in [0.15, 0.2) is 48.5 Å². The van der Waals surface area contributed by atoms with E-state index in [-0.39, 0.29) is 25.0 Å². The lowest BCUT2D eigenvalue weighted by Gasteiger charge is -2.25. The van der Waals surface area contributed by atoms with E-state index in [4.69, 9.17) is 9.47 Å². The number of amides is 1. The molecule has 0 radical (unpaired) electrons. The molecule has 6 nitrogen and oxygen atoms in total. The van der Waals surface area contributed by atoms with Crippen LogP contribution >= 0.6 is 0 Å². The molecular formula is C23H25NO5. The lowest BCUT2D eigenvalue weighted by molar-refractivity contribution is -0.140. The van der Waals surface area contributed by atoms with Gasteiger partial charge in [-0.15, -0.1) is 0 Å². The molecule has 2 N–H and O–H groups in total. The zero-order valence-corrected chi connectivity index (χ0v) is 16.2. The van der Waals surface area contributed by atoms with Gasteiger partial charge in [0.1, 0.15) is 12.6 Å². The first-order valence-electron chi connectivity index (χ1n) is 10.1. The molecule has 1 aliphatic heterocycles. The maximum absolute atomic E-state index is 12.3. The van der Waals surface area contributed by atoms with Gasteiger partial charge in [0.2, 0.25) is 0 Å². The molecule has 2 unspecified atom stereocenters. The number of aliphatic carboxylic acids is 1. The van der Waals surface area contributed by atoms with Crippen LogP contribution in [0.3, 0.4) is 0 Å². The summed E-state index contributed by atoms with van der Waals surface area (Å²) in [5.41, 5.74) is 4.53. The molecule has 29 heavy (non-hydrogen) atoms. The second-order valence-electron chi connectivity index (χ2n) is 7.58. The van der Waals surface area contributed by atoms with Gasteiger partial charge < -0.3 is 19.9 Å². The van der Waals surface area contributed by atoms with Crippen molar-refractivity contribution >= 4 is 12.1 Å².